The fourth-order valence-corrected chi connectivity index (χ4v) is 5.77. The van der Waals surface area contributed by atoms with Crippen molar-refractivity contribution in [3.63, 3.8) is 0 Å². The van der Waals surface area contributed by atoms with Crippen molar-refractivity contribution in [2.75, 3.05) is 0 Å². The van der Waals surface area contributed by atoms with Crippen molar-refractivity contribution in [2.24, 2.45) is 0 Å². The van der Waals surface area contributed by atoms with Crippen LogP contribution in [0.3, 0.4) is 0 Å². The summed E-state index contributed by atoms with van der Waals surface area (Å²) in [6, 6.07) is 7.56. The molecule has 1 aromatic carbocycles. The largest absolute Gasteiger partial charge is 1.00 e. The molecule has 0 amide bonds. The Kier molecular flexibility index (Phi) is 10.4. The summed E-state index contributed by atoms with van der Waals surface area (Å²) in [4.78, 5) is 24.0. The molecule has 23 heavy (non-hydrogen) atoms. The van der Waals surface area contributed by atoms with E-state index in [2.05, 4.69) is 0 Å². The van der Waals surface area contributed by atoms with Crippen molar-refractivity contribution >= 4 is 65.6 Å². The number of rotatable bonds is 2. The Labute approximate surface area is 203 Å². The molecule has 2 unspecified atom stereocenters. The molecule has 114 valence electrons. The number of allylic oxidation sites excluding steroid dienone is 4. The fraction of sp³-hybridized carbons (Fsp3) is 0.167. The van der Waals surface area contributed by atoms with Gasteiger partial charge < -0.3 is 14.4 Å². The molecule has 0 N–H and O–H groups in total. The molecule has 0 saturated heterocycles. The Morgan fingerprint density at radius 3 is 1.87 bits per heavy atom. The number of hydrogen-bond acceptors (Lipinski definition) is 3. The molecular formula is C12H6Cl5Na2O3P. The molecule has 1 aromatic rings. The molecule has 11 heteroatoms. The molecule has 0 aromatic heterocycles. The maximum atomic E-state index is 12.0. The molecule has 1 aliphatic rings. The molecule has 3 nitrogen and oxygen atoms in total. The molecule has 0 aliphatic heterocycles. The number of hydrogen-bond donors (Lipinski definition) is 0. The van der Waals surface area contributed by atoms with E-state index in [1.807, 2.05) is 0 Å². The van der Waals surface area contributed by atoms with Crippen LogP contribution in [-0.2, 0) is 9.72 Å². The van der Waals surface area contributed by atoms with Gasteiger partial charge in [-0.15, -0.1) is 11.6 Å². The van der Waals surface area contributed by atoms with Crippen LogP contribution in [0.5, 0.6) is 0 Å². The zero-order valence-electron chi connectivity index (χ0n) is 12.0. The maximum absolute atomic E-state index is 12.0. The van der Waals surface area contributed by atoms with Gasteiger partial charge in [-0.2, -0.15) is 0 Å². The molecule has 0 bridgehead atoms. The first-order chi connectivity index (χ1) is 9.65. The van der Waals surface area contributed by atoms with E-state index in [1.165, 1.54) is 12.1 Å². The monoisotopic (exact) mass is 450 g/mol. The van der Waals surface area contributed by atoms with Gasteiger partial charge in [-0.05, 0) is 13.2 Å². The first-order valence-electron chi connectivity index (χ1n) is 5.48. The smallest absolute Gasteiger partial charge is 0.810 e. The van der Waals surface area contributed by atoms with Gasteiger partial charge in [0, 0.05) is 0 Å². The van der Waals surface area contributed by atoms with E-state index in [0.717, 1.165) is 0 Å². The fourth-order valence-electron chi connectivity index (χ4n) is 2.16. The minimum atomic E-state index is -5.39. The summed E-state index contributed by atoms with van der Waals surface area (Å²) in [6.45, 7) is 0. The van der Waals surface area contributed by atoms with Crippen LogP contribution in [0.1, 0.15) is 5.56 Å². The molecule has 1 aliphatic carbocycles. The summed E-state index contributed by atoms with van der Waals surface area (Å²) in [6.07, 6.45) is 0. The molecular weight excluding hydrogens is 446 g/mol. The Balaban J connectivity index is 0.00000242. The summed E-state index contributed by atoms with van der Waals surface area (Å²) < 4.78 is 12.0. The third kappa shape index (κ3) is 4.25. The van der Waals surface area contributed by atoms with Crippen LogP contribution in [0.2, 0.25) is 0 Å². The first-order valence-corrected chi connectivity index (χ1v) is 8.97. The van der Waals surface area contributed by atoms with E-state index in [9.17, 15) is 14.4 Å². The molecule has 2 atom stereocenters. The average Bonchev–Trinajstić information content (AvgIpc) is 2.43. The number of benzene rings is 1. The first kappa shape index (κ1) is 25.3. The Morgan fingerprint density at radius 1 is 0.957 bits per heavy atom. The van der Waals surface area contributed by atoms with Crippen molar-refractivity contribution in [3.8, 4) is 0 Å². The summed E-state index contributed by atoms with van der Waals surface area (Å²) in [5.41, 5.74) is 0.0730. The van der Waals surface area contributed by atoms with Crippen molar-refractivity contribution in [1.82, 2.24) is 0 Å². The van der Waals surface area contributed by atoms with Crippen LogP contribution in [-0.4, -0.2) is 5.38 Å². The Hall–Kier alpha value is 2.30. The van der Waals surface area contributed by atoms with E-state index < -0.39 is 23.2 Å². The SMILES string of the molecule is O=P([O-])([O-])C1(c2ccccc2)C(Cl)=C(Cl)C(Cl)=C(Cl)C1Cl.[Na+].[Na+]. The predicted octanol–water partition coefficient (Wildman–Crippen LogP) is -2.20. The second-order valence-electron chi connectivity index (χ2n) is 4.28. The van der Waals surface area contributed by atoms with Gasteiger partial charge in [0.15, 0.2) is 0 Å². The van der Waals surface area contributed by atoms with Gasteiger partial charge in [-0.25, -0.2) is 0 Å². The van der Waals surface area contributed by atoms with E-state index in [-0.39, 0.29) is 79.8 Å². The Bertz CT molecular complexity index is 691. The molecule has 0 saturated carbocycles. The third-order valence-electron chi connectivity index (χ3n) is 3.16. The van der Waals surface area contributed by atoms with Gasteiger partial charge in [0.05, 0.1) is 30.7 Å². The van der Waals surface area contributed by atoms with Gasteiger partial charge in [-0.1, -0.05) is 76.7 Å². The Morgan fingerprint density at radius 2 is 1.43 bits per heavy atom. The molecule has 0 radical (unpaired) electrons. The minimum Gasteiger partial charge on any atom is -0.810 e. The van der Waals surface area contributed by atoms with Crippen LogP contribution in [0.25, 0.3) is 0 Å². The van der Waals surface area contributed by atoms with Crippen LogP contribution in [0, 0.1) is 0 Å². The van der Waals surface area contributed by atoms with E-state index >= 15 is 0 Å². The van der Waals surface area contributed by atoms with Gasteiger partial charge in [0.2, 0.25) is 0 Å². The van der Waals surface area contributed by atoms with Crippen molar-refractivity contribution in [3.05, 3.63) is 56.0 Å². The number of halogens is 5. The molecule has 2 rings (SSSR count). The van der Waals surface area contributed by atoms with Crippen LogP contribution in [0.15, 0.2) is 50.5 Å². The van der Waals surface area contributed by atoms with Crippen LogP contribution in [0.4, 0.5) is 0 Å². The summed E-state index contributed by atoms with van der Waals surface area (Å²) in [7, 11) is -5.39. The normalized spacial score (nSPS) is 24.9. The van der Waals surface area contributed by atoms with E-state index in [0.29, 0.717) is 0 Å². The van der Waals surface area contributed by atoms with Gasteiger partial charge in [-0.3, -0.25) is 0 Å². The van der Waals surface area contributed by atoms with Gasteiger partial charge >= 0.3 is 59.1 Å². The molecule has 0 spiro atoms. The summed E-state index contributed by atoms with van der Waals surface area (Å²) in [5, 5.41) is -4.98. The van der Waals surface area contributed by atoms with Crippen molar-refractivity contribution in [2.45, 2.75) is 10.5 Å². The van der Waals surface area contributed by atoms with Crippen LogP contribution >= 0.6 is 65.6 Å². The second-order valence-corrected chi connectivity index (χ2v) is 7.96. The maximum Gasteiger partial charge on any atom is 1.00 e. The average molecular weight is 452 g/mol. The molecule has 0 heterocycles. The quantitative estimate of drug-likeness (QED) is 0.291. The van der Waals surface area contributed by atoms with Crippen molar-refractivity contribution in [1.29, 1.82) is 0 Å². The van der Waals surface area contributed by atoms with Gasteiger partial charge in [0.1, 0.15) is 0 Å². The van der Waals surface area contributed by atoms with Crippen molar-refractivity contribution < 1.29 is 73.5 Å². The number of alkyl halides is 1. The standard InChI is InChI=1S/C12H8Cl5O3P.2Na/c13-7-8(14)10(16)12(21(18,19)20,11(17)9(7)15)6-4-2-1-3-5-6;;/h1-5,10H,(H2,18,19,20);;/q;2*+1/p-2. The topological polar surface area (TPSA) is 63.2 Å². The molecule has 0 fully saturated rings. The summed E-state index contributed by atoms with van der Waals surface area (Å²) >= 11 is 30.0. The summed E-state index contributed by atoms with van der Waals surface area (Å²) in [5.74, 6) is 0. The van der Waals surface area contributed by atoms with E-state index in [1.54, 1.807) is 18.2 Å². The third-order valence-corrected chi connectivity index (χ3v) is 7.67. The van der Waals surface area contributed by atoms with E-state index in [4.69, 9.17) is 58.0 Å². The zero-order valence-corrected chi connectivity index (χ0v) is 20.7. The minimum absolute atomic E-state index is 0. The predicted molar refractivity (Wildman–Crippen MR) is 82.8 cm³/mol. The van der Waals surface area contributed by atoms with Crippen LogP contribution < -0.4 is 68.9 Å². The zero-order chi connectivity index (χ0) is 16.0. The second kappa shape index (κ2) is 9.48. The van der Waals surface area contributed by atoms with Gasteiger partial charge in [0.25, 0.3) is 0 Å².